The minimum atomic E-state index is -0.309. The molecule has 19 heavy (non-hydrogen) atoms. The zero-order chi connectivity index (χ0) is 13.2. The molecule has 106 valence electrons. The van der Waals surface area contributed by atoms with Gasteiger partial charge in [-0.3, -0.25) is 9.79 Å². The van der Waals surface area contributed by atoms with Crippen molar-refractivity contribution in [3.8, 4) is 0 Å². The number of nitrogens with zero attached hydrogens (tertiary/aromatic N) is 2. The van der Waals surface area contributed by atoms with Gasteiger partial charge in [-0.05, 0) is 26.3 Å². The van der Waals surface area contributed by atoms with Gasteiger partial charge in [0.1, 0.15) is 12.1 Å². The van der Waals surface area contributed by atoms with E-state index in [4.69, 9.17) is 9.47 Å². The highest BCUT2D eigenvalue weighted by Crippen LogP contribution is 2.23. The molecular formula is C13H21N3O3. The maximum absolute atomic E-state index is 12.6. The lowest BCUT2D eigenvalue weighted by molar-refractivity contribution is -0.136. The third-order valence-electron chi connectivity index (χ3n) is 4.21. The van der Waals surface area contributed by atoms with Crippen molar-refractivity contribution in [3.63, 3.8) is 0 Å². The molecule has 0 aliphatic carbocycles. The topological polar surface area (TPSA) is 63.2 Å². The van der Waals surface area contributed by atoms with E-state index in [-0.39, 0.29) is 30.2 Å². The number of amides is 1. The first-order valence-electron chi connectivity index (χ1n) is 7.04. The molecule has 6 nitrogen and oxygen atoms in total. The Hall–Kier alpha value is -1.14. The lowest BCUT2D eigenvalue weighted by atomic mass is 10.0. The van der Waals surface area contributed by atoms with Crippen LogP contribution in [0.15, 0.2) is 4.99 Å². The predicted molar refractivity (Wildman–Crippen MR) is 70.2 cm³/mol. The Balaban J connectivity index is 1.70. The van der Waals surface area contributed by atoms with Crippen LogP contribution >= 0.6 is 0 Å². The third-order valence-corrected chi connectivity index (χ3v) is 4.21. The molecule has 2 fully saturated rings. The molecular weight excluding hydrogens is 246 g/mol. The van der Waals surface area contributed by atoms with Crippen LogP contribution in [0.1, 0.15) is 19.3 Å². The average molecular weight is 267 g/mol. The highest BCUT2D eigenvalue weighted by Gasteiger charge is 2.42. The largest absolute Gasteiger partial charge is 0.476 e. The fraction of sp³-hybridized carbons (Fsp3) is 0.846. The molecule has 0 aromatic carbocycles. The maximum atomic E-state index is 12.6. The number of aliphatic imine (C=N–C) groups is 1. The van der Waals surface area contributed by atoms with Crippen molar-refractivity contribution >= 4 is 12.3 Å². The van der Waals surface area contributed by atoms with Crippen molar-refractivity contribution in [1.82, 2.24) is 10.2 Å². The molecule has 0 spiro atoms. The number of carbonyl (C=O) groups excluding carboxylic acids is 1. The lowest BCUT2D eigenvalue weighted by Gasteiger charge is -2.28. The Morgan fingerprint density at radius 1 is 1.53 bits per heavy atom. The number of hydrogen-bond donors (Lipinski definition) is 1. The number of ether oxygens (including phenoxy) is 2. The monoisotopic (exact) mass is 267 g/mol. The van der Waals surface area contributed by atoms with Crippen molar-refractivity contribution < 1.29 is 14.3 Å². The van der Waals surface area contributed by atoms with Crippen molar-refractivity contribution in [2.45, 2.75) is 43.6 Å². The minimum Gasteiger partial charge on any atom is -0.476 e. The molecule has 0 radical (unpaired) electrons. The molecule has 3 aliphatic heterocycles. The van der Waals surface area contributed by atoms with Crippen molar-refractivity contribution in [2.24, 2.45) is 4.99 Å². The second-order valence-corrected chi connectivity index (χ2v) is 5.40. The molecule has 3 heterocycles. The van der Waals surface area contributed by atoms with Crippen molar-refractivity contribution in [2.75, 3.05) is 26.7 Å². The maximum Gasteiger partial charge on any atom is 0.243 e. The van der Waals surface area contributed by atoms with E-state index in [2.05, 4.69) is 10.3 Å². The first-order valence-corrected chi connectivity index (χ1v) is 7.04. The summed E-state index contributed by atoms with van der Waals surface area (Å²) in [7, 11) is 1.80. The summed E-state index contributed by atoms with van der Waals surface area (Å²) in [6.07, 6.45) is 4.53. The molecule has 1 N–H and O–H groups in total. The van der Waals surface area contributed by atoms with Gasteiger partial charge in [0.25, 0.3) is 0 Å². The molecule has 4 unspecified atom stereocenters. The zero-order valence-electron chi connectivity index (χ0n) is 11.2. The van der Waals surface area contributed by atoms with E-state index in [0.717, 1.165) is 32.4 Å². The summed E-state index contributed by atoms with van der Waals surface area (Å²) in [6.45, 7) is 2.25. The van der Waals surface area contributed by atoms with Gasteiger partial charge < -0.3 is 19.7 Å². The number of carbonyl (C=O) groups is 1. The highest BCUT2D eigenvalue weighted by molar-refractivity contribution is 5.83. The predicted octanol–water partition coefficient (Wildman–Crippen LogP) is -0.219. The quantitative estimate of drug-likeness (QED) is 0.768. The smallest absolute Gasteiger partial charge is 0.243 e. The minimum absolute atomic E-state index is 0.0934. The van der Waals surface area contributed by atoms with Crippen LogP contribution in [0.2, 0.25) is 0 Å². The fourth-order valence-electron chi connectivity index (χ4n) is 3.14. The van der Waals surface area contributed by atoms with Crippen LogP contribution in [0.3, 0.4) is 0 Å². The second kappa shape index (κ2) is 5.46. The molecule has 3 rings (SSSR count). The van der Waals surface area contributed by atoms with E-state index in [9.17, 15) is 4.79 Å². The summed E-state index contributed by atoms with van der Waals surface area (Å²) in [5, 5.41) is 3.08. The summed E-state index contributed by atoms with van der Waals surface area (Å²) >= 11 is 0. The van der Waals surface area contributed by atoms with Gasteiger partial charge in [-0.25, -0.2) is 0 Å². The van der Waals surface area contributed by atoms with E-state index >= 15 is 0 Å². The Bertz CT molecular complexity index is 368. The van der Waals surface area contributed by atoms with E-state index in [1.807, 2.05) is 4.90 Å². The number of rotatable bonds is 3. The van der Waals surface area contributed by atoms with Crippen molar-refractivity contribution in [3.05, 3.63) is 0 Å². The van der Waals surface area contributed by atoms with Crippen LogP contribution in [0.5, 0.6) is 0 Å². The molecule has 2 saturated heterocycles. The summed E-state index contributed by atoms with van der Waals surface area (Å²) in [4.78, 5) is 18.8. The molecule has 6 heteroatoms. The molecule has 0 aromatic heterocycles. The molecule has 4 atom stereocenters. The van der Waals surface area contributed by atoms with Gasteiger partial charge in [-0.2, -0.15) is 0 Å². The number of likely N-dealkylation sites (N-methyl/N-ethyl adjacent to an activating group) is 1. The van der Waals surface area contributed by atoms with Crippen LogP contribution < -0.4 is 5.32 Å². The van der Waals surface area contributed by atoms with Crippen LogP contribution in [-0.2, 0) is 14.3 Å². The number of hydrogen-bond acceptors (Lipinski definition) is 5. The van der Waals surface area contributed by atoms with E-state index in [1.54, 1.807) is 7.05 Å². The summed E-state index contributed by atoms with van der Waals surface area (Å²) in [5.74, 6) is 0.107. The van der Waals surface area contributed by atoms with Gasteiger partial charge >= 0.3 is 0 Å². The van der Waals surface area contributed by atoms with Gasteiger partial charge in [0.05, 0.1) is 12.1 Å². The van der Waals surface area contributed by atoms with E-state index in [1.165, 1.54) is 6.40 Å². The summed E-state index contributed by atoms with van der Waals surface area (Å²) < 4.78 is 11.1. The first kappa shape index (κ1) is 12.9. The van der Waals surface area contributed by atoms with E-state index in [0.29, 0.717) is 6.54 Å². The van der Waals surface area contributed by atoms with Crippen molar-refractivity contribution in [1.29, 1.82) is 0 Å². The Kier molecular flexibility index (Phi) is 3.70. The Labute approximate surface area is 113 Å². The molecule has 0 saturated carbocycles. The van der Waals surface area contributed by atoms with Crippen LogP contribution in [-0.4, -0.2) is 68.2 Å². The zero-order valence-corrected chi connectivity index (χ0v) is 11.2. The van der Waals surface area contributed by atoms with Gasteiger partial charge in [0.2, 0.25) is 5.91 Å². The second-order valence-electron chi connectivity index (χ2n) is 5.40. The number of likely N-dealkylation sites (tertiary alicyclic amines) is 1. The first-order chi connectivity index (χ1) is 9.29. The van der Waals surface area contributed by atoms with Gasteiger partial charge in [-0.15, -0.1) is 0 Å². The van der Waals surface area contributed by atoms with Gasteiger partial charge in [0, 0.05) is 19.7 Å². The average Bonchev–Trinajstić information content (AvgIpc) is 3.04. The summed E-state index contributed by atoms with van der Waals surface area (Å²) in [5.41, 5.74) is 0. The molecule has 0 aromatic rings. The van der Waals surface area contributed by atoms with E-state index < -0.39 is 0 Å². The Morgan fingerprint density at radius 2 is 2.42 bits per heavy atom. The van der Waals surface area contributed by atoms with Crippen LogP contribution in [0, 0.1) is 0 Å². The molecule has 1 amide bonds. The number of nitrogens with one attached hydrogen (secondary N) is 1. The normalized spacial score (nSPS) is 38.2. The third kappa shape index (κ3) is 2.47. The van der Waals surface area contributed by atoms with Gasteiger partial charge in [0.15, 0.2) is 6.40 Å². The molecule has 3 aliphatic rings. The highest BCUT2D eigenvalue weighted by atomic mass is 16.5. The fourth-order valence-corrected chi connectivity index (χ4v) is 3.14. The van der Waals surface area contributed by atoms with Crippen LogP contribution in [0.4, 0.5) is 0 Å². The number of fused-ring (bicyclic) bond motifs is 1. The molecule has 0 bridgehead atoms. The Morgan fingerprint density at radius 3 is 3.16 bits per heavy atom. The SMILES string of the molecule is CNC1C(=O)N(CC2CCCO2)CCC2N=COC21. The lowest BCUT2D eigenvalue weighted by Crippen LogP contribution is -2.52. The van der Waals surface area contributed by atoms with Crippen LogP contribution in [0.25, 0.3) is 0 Å². The summed E-state index contributed by atoms with van der Waals surface area (Å²) in [6, 6.07) is -0.215. The van der Waals surface area contributed by atoms with Gasteiger partial charge in [-0.1, -0.05) is 0 Å². The standard InChI is InChI=1S/C13H21N3O3/c1-14-11-12-10(15-8-19-12)4-5-16(13(11)17)7-9-3-2-6-18-9/h8-12,14H,2-7H2,1H3.